The summed E-state index contributed by atoms with van der Waals surface area (Å²) in [7, 11) is 0. The van der Waals surface area contributed by atoms with Crippen LogP contribution >= 0.6 is 22.7 Å². The number of hydrogen-bond acceptors (Lipinski definition) is 4. The molecule has 516 valence electrons. The van der Waals surface area contributed by atoms with Crippen LogP contribution in [0.25, 0.3) is 36.5 Å². The summed E-state index contributed by atoms with van der Waals surface area (Å²) in [5, 5.41) is 0. The van der Waals surface area contributed by atoms with E-state index in [9.17, 15) is 9.59 Å². The van der Waals surface area contributed by atoms with Crippen LogP contribution in [0.1, 0.15) is 374 Å². The SMILES string of the molecule is CCCCCCCCCCCCC(CCCCCCCCCC)CCCCCCN1C(=O)C2=C(c3ccc(-c4ccc(/C=C/c5ccc(-c6ccc(C)s6)[se]5)[se]4)s3)N(CCCCCCC(CCCCCCCCCC)CCCCCCCCCCCC)C(=O)C2=C1C. The number of rotatable bonds is 59. The maximum atomic E-state index is 15.0. The zero-order valence-corrected chi connectivity index (χ0v) is 65.1. The van der Waals surface area contributed by atoms with Gasteiger partial charge >= 0.3 is 282 Å². The number of hydrogen-bond donors (Lipinski definition) is 0. The minimum absolute atomic E-state index is 0.0539. The summed E-state index contributed by atoms with van der Waals surface area (Å²) >= 11 is 4.22. The Labute approximate surface area is 586 Å². The van der Waals surface area contributed by atoms with Gasteiger partial charge in [-0.3, -0.25) is 0 Å². The Morgan fingerprint density at radius 3 is 1.00 bits per heavy atom. The number of nitrogens with zero attached hydrogens (tertiary/aromatic N) is 2. The van der Waals surface area contributed by atoms with Gasteiger partial charge in [0.25, 0.3) is 0 Å². The number of aryl methyl sites for hydroxylation is 1. The molecule has 6 rings (SSSR count). The number of carbonyl (C=O) groups is 2. The van der Waals surface area contributed by atoms with Gasteiger partial charge in [-0.2, -0.15) is 0 Å². The van der Waals surface area contributed by atoms with Gasteiger partial charge in [0.15, 0.2) is 0 Å². The molecule has 0 bridgehead atoms. The minimum atomic E-state index is 0.0539. The number of carbonyl (C=O) groups excluding carboxylic acids is 2. The number of unbranched alkanes of at least 4 members (excludes halogenated alkanes) is 38. The van der Waals surface area contributed by atoms with Crippen LogP contribution in [0, 0.1) is 18.8 Å². The summed E-state index contributed by atoms with van der Waals surface area (Å²) in [6, 6.07) is 18.3. The predicted octanol–water partition coefficient (Wildman–Crippen LogP) is 27.2. The Bertz CT molecular complexity index is 2660. The Kier molecular flexibility index (Phi) is 41.9. The second kappa shape index (κ2) is 49.1. The third-order valence-electron chi connectivity index (χ3n) is 20.5. The van der Waals surface area contributed by atoms with Crippen LogP contribution in [0.5, 0.6) is 0 Å². The molecule has 4 aromatic rings. The fourth-order valence-electron chi connectivity index (χ4n) is 14.7. The molecule has 2 atom stereocenters. The van der Waals surface area contributed by atoms with E-state index >= 15 is 0 Å². The van der Waals surface area contributed by atoms with Gasteiger partial charge in [0.1, 0.15) is 0 Å². The standard InChI is InChI=1S/C84H134N2O2S2Se2/c1-7-11-15-19-23-27-29-33-37-45-53-71(51-43-35-31-25-21-17-13-9-3)55-47-39-41-49-67-85-70(6)80-81(84(85)88)82(77-64-63-76(90-77)79-66-61-74(92-79)59-58-73-60-65-78(91-73)75-62-57-69(5)89-75)86(83(80)87)68-50-42-40-48-56-72(52-44-36-32-26-22-18-14-10-4)54-46-38-34-30-28-24-20-16-12-8-2/h57-66,71-72H,7-56,67-68H2,1-6H3/b59-58+. The van der Waals surface area contributed by atoms with Crippen molar-refractivity contribution in [3.05, 3.63) is 84.0 Å². The zero-order chi connectivity index (χ0) is 65.1. The first kappa shape index (κ1) is 78.6. The van der Waals surface area contributed by atoms with E-state index in [4.69, 9.17) is 0 Å². The normalized spacial score (nSPS) is 14.3. The first-order chi connectivity index (χ1) is 45.3. The van der Waals surface area contributed by atoms with Crippen LogP contribution in [-0.4, -0.2) is 63.7 Å². The van der Waals surface area contributed by atoms with Crippen molar-refractivity contribution in [2.75, 3.05) is 13.1 Å². The Balaban J connectivity index is 1.05. The van der Waals surface area contributed by atoms with E-state index in [2.05, 4.69) is 102 Å². The molecule has 4 aromatic heterocycles. The van der Waals surface area contributed by atoms with E-state index < -0.39 is 0 Å². The summed E-state index contributed by atoms with van der Waals surface area (Å²) in [5.74, 6) is 1.84. The van der Waals surface area contributed by atoms with Crippen LogP contribution in [0.3, 0.4) is 0 Å². The van der Waals surface area contributed by atoms with Crippen molar-refractivity contribution in [1.82, 2.24) is 9.80 Å². The molecule has 4 nitrogen and oxygen atoms in total. The zero-order valence-electron chi connectivity index (χ0n) is 60.0. The fourth-order valence-corrected chi connectivity index (χ4v) is 21.0. The van der Waals surface area contributed by atoms with Gasteiger partial charge in [-0.05, 0) is 11.8 Å². The van der Waals surface area contributed by atoms with E-state index in [-0.39, 0.29) is 26.3 Å². The Hall–Kier alpha value is -2.44. The average molecular weight is 1430 g/mol. The van der Waals surface area contributed by atoms with Gasteiger partial charge in [0.2, 0.25) is 0 Å². The number of amides is 2. The molecule has 0 saturated carbocycles. The van der Waals surface area contributed by atoms with Gasteiger partial charge in [-0.25, -0.2) is 0 Å². The molecule has 2 amide bonds. The average Bonchev–Trinajstić information content (AvgIpc) is 1.57. The van der Waals surface area contributed by atoms with E-state index in [0.717, 1.165) is 53.8 Å². The van der Waals surface area contributed by atoms with Gasteiger partial charge < -0.3 is 0 Å². The van der Waals surface area contributed by atoms with Crippen LogP contribution in [-0.2, 0) is 9.59 Å². The first-order valence-electron chi connectivity index (χ1n) is 39.4. The van der Waals surface area contributed by atoms with Crippen molar-refractivity contribution in [2.45, 2.75) is 363 Å². The van der Waals surface area contributed by atoms with E-state index in [0.29, 0.717) is 38.7 Å². The predicted molar refractivity (Wildman–Crippen MR) is 411 cm³/mol. The van der Waals surface area contributed by atoms with Crippen LogP contribution in [0.2, 0.25) is 0 Å². The molecule has 2 aliphatic heterocycles. The number of thiophene rings is 2. The number of allylic oxidation sites excluding steroid dienone is 1. The molecule has 0 fully saturated rings. The Morgan fingerprint density at radius 2 is 0.641 bits per heavy atom. The summed E-state index contributed by atoms with van der Waals surface area (Å²) in [6.07, 6.45) is 73.0. The monoisotopic (exact) mass is 1430 g/mol. The van der Waals surface area contributed by atoms with Crippen LogP contribution in [0.4, 0.5) is 0 Å². The third-order valence-corrected chi connectivity index (χ3v) is 27.8. The van der Waals surface area contributed by atoms with E-state index in [1.54, 1.807) is 11.3 Å². The van der Waals surface area contributed by atoms with Crippen molar-refractivity contribution < 1.29 is 9.59 Å². The second-order valence-corrected chi connectivity index (χ2v) is 35.6. The maximum absolute atomic E-state index is 15.0. The van der Waals surface area contributed by atoms with Crippen molar-refractivity contribution in [3.63, 3.8) is 0 Å². The molecule has 2 unspecified atom stereocenters. The summed E-state index contributed by atoms with van der Waals surface area (Å²) in [6.45, 7) is 14.9. The Morgan fingerprint density at radius 1 is 0.337 bits per heavy atom. The first-order valence-corrected chi connectivity index (χ1v) is 44.5. The molecule has 0 spiro atoms. The fraction of sp³-hybridized carbons (Fsp3) is 0.714. The topological polar surface area (TPSA) is 40.6 Å². The van der Waals surface area contributed by atoms with Crippen molar-refractivity contribution in [1.29, 1.82) is 0 Å². The van der Waals surface area contributed by atoms with E-state index in [1.807, 2.05) is 21.1 Å². The molecule has 8 heteroatoms. The van der Waals surface area contributed by atoms with Crippen molar-refractivity contribution in [3.8, 4) is 18.6 Å². The molecular formula is C84H134N2O2S2Se2. The molecule has 92 heavy (non-hydrogen) atoms. The molecule has 0 aliphatic carbocycles. The summed E-state index contributed by atoms with van der Waals surface area (Å²) in [4.78, 5) is 39.1. The van der Waals surface area contributed by atoms with Gasteiger partial charge in [0.05, 0.1) is 0 Å². The summed E-state index contributed by atoms with van der Waals surface area (Å²) < 4.78 is 5.68. The van der Waals surface area contributed by atoms with Crippen molar-refractivity contribution >= 4 is 81.3 Å². The van der Waals surface area contributed by atoms with Gasteiger partial charge in [-0.15, -0.1) is 0 Å². The molecule has 2 aliphatic rings. The molecule has 0 aromatic carbocycles. The molecular weight excluding hydrogens is 1290 g/mol. The van der Waals surface area contributed by atoms with E-state index in [1.165, 1.54) is 328 Å². The summed E-state index contributed by atoms with van der Waals surface area (Å²) in [5.41, 5.74) is 3.13. The van der Waals surface area contributed by atoms with Gasteiger partial charge in [-0.1, -0.05) is 297 Å². The molecule has 0 saturated heterocycles. The molecule has 0 N–H and O–H groups in total. The molecule has 0 radical (unpaired) electrons. The second-order valence-electron chi connectivity index (χ2n) is 28.5. The van der Waals surface area contributed by atoms with Crippen LogP contribution in [0.15, 0.2) is 65.4 Å². The van der Waals surface area contributed by atoms with Gasteiger partial charge in [0, 0.05) is 0 Å². The van der Waals surface area contributed by atoms with Crippen molar-refractivity contribution in [2.24, 2.45) is 11.8 Å². The third kappa shape index (κ3) is 29.7. The quantitative estimate of drug-likeness (QED) is 0.0326. The number of fused-ring (bicyclic) bond motifs is 1. The molecule has 6 heterocycles. The van der Waals surface area contributed by atoms with Crippen LogP contribution < -0.4 is 0 Å².